The lowest BCUT2D eigenvalue weighted by molar-refractivity contribution is -0.294. The second kappa shape index (κ2) is 12.9. The fourth-order valence-electron chi connectivity index (χ4n) is 3.79. The van der Waals surface area contributed by atoms with Crippen molar-refractivity contribution in [1.82, 2.24) is 0 Å². The summed E-state index contributed by atoms with van der Waals surface area (Å²) in [6.07, 6.45) is -0.521. The average Bonchev–Trinajstić information content (AvgIpc) is 2.90. The van der Waals surface area contributed by atoms with E-state index in [-0.39, 0.29) is 6.10 Å². The highest BCUT2D eigenvalue weighted by Crippen LogP contribution is 2.27. The molecule has 176 valence electrons. The molecule has 0 spiro atoms. The van der Waals surface area contributed by atoms with E-state index in [9.17, 15) is 0 Å². The minimum atomic E-state index is -0.622. The molecule has 5 nitrogen and oxygen atoms in total. The van der Waals surface area contributed by atoms with Crippen molar-refractivity contribution in [2.75, 3.05) is 6.61 Å². The van der Waals surface area contributed by atoms with Gasteiger partial charge in [0.1, 0.15) is 18.5 Å². The molecule has 0 unspecified atom stereocenters. The summed E-state index contributed by atoms with van der Waals surface area (Å²) in [5, 5.41) is 0. The molecule has 34 heavy (non-hydrogen) atoms. The van der Waals surface area contributed by atoms with Gasteiger partial charge in [0.25, 0.3) is 0 Å². The third kappa shape index (κ3) is 6.91. The predicted octanol–water partition coefficient (Wildman–Crippen LogP) is 5.41. The van der Waals surface area contributed by atoms with Gasteiger partial charge < -0.3 is 23.7 Å². The van der Waals surface area contributed by atoms with Gasteiger partial charge in [0.15, 0.2) is 12.4 Å². The number of ether oxygens (including phenoxy) is 5. The molecule has 0 saturated carbocycles. The van der Waals surface area contributed by atoms with Gasteiger partial charge in [-0.3, -0.25) is 0 Å². The van der Waals surface area contributed by atoms with E-state index >= 15 is 0 Å². The van der Waals surface area contributed by atoms with Crippen molar-refractivity contribution in [3.8, 4) is 0 Å². The first-order valence-corrected chi connectivity index (χ1v) is 11.4. The van der Waals surface area contributed by atoms with Crippen LogP contribution < -0.4 is 0 Å². The van der Waals surface area contributed by atoms with E-state index in [1.807, 2.05) is 91.0 Å². The van der Waals surface area contributed by atoms with Gasteiger partial charge in [-0.15, -0.1) is 0 Å². The summed E-state index contributed by atoms with van der Waals surface area (Å²) in [7, 11) is 0. The maximum absolute atomic E-state index is 6.34. The number of rotatable bonds is 11. The lowest BCUT2D eigenvalue weighted by Crippen LogP contribution is -2.56. The van der Waals surface area contributed by atoms with Crippen molar-refractivity contribution in [3.63, 3.8) is 0 Å². The molecule has 1 aliphatic heterocycles. The first-order chi connectivity index (χ1) is 16.8. The summed E-state index contributed by atoms with van der Waals surface area (Å²) >= 11 is 0. The Labute approximate surface area is 201 Å². The van der Waals surface area contributed by atoms with Crippen LogP contribution in [0, 0.1) is 0 Å². The Balaban J connectivity index is 1.50. The van der Waals surface area contributed by atoms with Crippen LogP contribution in [0.4, 0.5) is 0 Å². The van der Waals surface area contributed by atoms with Crippen molar-refractivity contribution in [3.05, 3.63) is 126 Å². The van der Waals surface area contributed by atoms with E-state index in [4.69, 9.17) is 23.7 Å². The van der Waals surface area contributed by atoms with E-state index in [0.717, 1.165) is 16.7 Å². The topological polar surface area (TPSA) is 46.2 Å². The van der Waals surface area contributed by atoms with Crippen molar-refractivity contribution < 1.29 is 23.7 Å². The Morgan fingerprint density at radius 3 is 1.74 bits per heavy atom. The van der Waals surface area contributed by atoms with Crippen LogP contribution in [0.3, 0.4) is 0 Å². The molecule has 4 atom stereocenters. The van der Waals surface area contributed by atoms with Crippen LogP contribution in [-0.4, -0.2) is 31.2 Å². The monoisotopic (exact) mass is 458 g/mol. The van der Waals surface area contributed by atoms with Gasteiger partial charge in [0.05, 0.1) is 26.4 Å². The van der Waals surface area contributed by atoms with Crippen molar-refractivity contribution in [1.29, 1.82) is 0 Å². The number of hydrogen-bond donors (Lipinski definition) is 0. The average molecular weight is 459 g/mol. The third-order valence-electron chi connectivity index (χ3n) is 5.54. The lowest BCUT2D eigenvalue weighted by atomic mass is 10.0. The predicted molar refractivity (Wildman–Crippen MR) is 130 cm³/mol. The van der Waals surface area contributed by atoms with Crippen molar-refractivity contribution in [2.24, 2.45) is 0 Å². The summed E-state index contributed by atoms with van der Waals surface area (Å²) in [4.78, 5) is 0. The van der Waals surface area contributed by atoms with Gasteiger partial charge in [0, 0.05) is 0 Å². The highest BCUT2D eigenvalue weighted by Gasteiger charge is 2.44. The smallest absolute Gasteiger partial charge is 0.187 e. The fourth-order valence-corrected chi connectivity index (χ4v) is 3.79. The lowest BCUT2D eigenvalue weighted by Gasteiger charge is -2.41. The first-order valence-electron chi connectivity index (χ1n) is 11.4. The molecule has 0 amide bonds. The third-order valence-corrected chi connectivity index (χ3v) is 5.54. The van der Waals surface area contributed by atoms with Gasteiger partial charge in [-0.1, -0.05) is 103 Å². The SMILES string of the molecule is C=C=CO[C@@H]1[C@@H](OCc2ccccc2)[C@@H](OCc2ccccc2)OC[C@H]1OCc1ccccc1. The quantitative estimate of drug-likeness (QED) is 0.284. The molecular formula is C29H30O5. The van der Waals surface area contributed by atoms with E-state index in [1.165, 1.54) is 6.26 Å². The van der Waals surface area contributed by atoms with Gasteiger partial charge in [-0.2, -0.15) is 0 Å². The Morgan fingerprint density at radius 1 is 0.706 bits per heavy atom. The molecule has 0 aliphatic carbocycles. The zero-order chi connectivity index (χ0) is 23.4. The highest BCUT2D eigenvalue weighted by atomic mass is 16.7. The Hall–Kier alpha value is -3.18. The molecule has 1 heterocycles. The molecule has 4 rings (SSSR count). The molecule has 3 aromatic rings. The molecule has 3 aromatic carbocycles. The maximum atomic E-state index is 6.34. The maximum Gasteiger partial charge on any atom is 0.187 e. The second-order valence-electron chi connectivity index (χ2n) is 8.02. The molecule has 1 fully saturated rings. The van der Waals surface area contributed by atoms with Crippen molar-refractivity contribution >= 4 is 0 Å². The van der Waals surface area contributed by atoms with E-state index < -0.39 is 18.5 Å². The molecule has 1 aliphatic rings. The van der Waals surface area contributed by atoms with Gasteiger partial charge in [-0.25, -0.2) is 0 Å². The summed E-state index contributed by atoms with van der Waals surface area (Å²) in [5.74, 6) is 0. The van der Waals surface area contributed by atoms with Crippen LogP contribution in [0.25, 0.3) is 0 Å². The largest absolute Gasteiger partial charge is 0.484 e. The van der Waals surface area contributed by atoms with Gasteiger partial charge >= 0.3 is 0 Å². The summed E-state index contributed by atoms with van der Waals surface area (Å²) in [6.45, 7) is 5.17. The minimum absolute atomic E-state index is 0.313. The fraction of sp³-hybridized carbons (Fsp3) is 0.276. The van der Waals surface area contributed by atoms with Crippen LogP contribution in [0.15, 0.2) is 110 Å². The van der Waals surface area contributed by atoms with Crippen LogP contribution in [0.1, 0.15) is 16.7 Å². The molecule has 5 heteroatoms. The molecule has 0 aromatic heterocycles. The van der Waals surface area contributed by atoms with Crippen LogP contribution in [0.5, 0.6) is 0 Å². The second-order valence-corrected chi connectivity index (χ2v) is 8.02. The highest BCUT2D eigenvalue weighted by molar-refractivity contribution is 5.15. The molecule has 0 N–H and O–H groups in total. The molecule has 1 saturated heterocycles. The van der Waals surface area contributed by atoms with Crippen LogP contribution in [-0.2, 0) is 43.5 Å². The van der Waals surface area contributed by atoms with E-state index in [0.29, 0.717) is 26.4 Å². The van der Waals surface area contributed by atoms with E-state index in [1.54, 1.807) is 0 Å². The Bertz CT molecular complexity index is 1020. The Kier molecular flexibility index (Phi) is 9.09. The van der Waals surface area contributed by atoms with Crippen LogP contribution in [0.2, 0.25) is 0 Å². The number of hydrogen-bond acceptors (Lipinski definition) is 5. The Morgan fingerprint density at radius 2 is 1.21 bits per heavy atom. The van der Waals surface area contributed by atoms with Crippen molar-refractivity contribution in [2.45, 2.75) is 44.4 Å². The summed E-state index contributed by atoms with van der Waals surface area (Å²) < 4.78 is 30.8. The zero-order valence-electron chi connectivity index (χ0n) is 19.1. The van der Waals surface area contributed by atoms with Gasteiger partial charge in [0.2, 0.25) is 0 Å². The van der Waals surface area contributed by atoms with E-state index in [2.05, 4.69) is 12.3 Å². The summed E-state index contributed by atoms with van der Waals surface area (Å²) in [5.41, 5.74) is 5.87. The zero-order valence-corrected chi connectivity index (χ0v) is 19.1. The van der Waals surface area contributed by atoms with Gasteiger partial charge in [-0.05, 0) is 16.7 Å². The minimum Gasteiger partial charge on any atom is -0.484 e. The number of benzene rings is 3. The molecular weight excluding hydrogens is 428 g/mol. The van der Waals surface area contributed by atoms with Crippen LogP contribution >= 0.6 is 0 Å². The molecule has 0 bridgehead atoms. The normalized spacial score (nSPS) is 22.0. The molecule has 0 radical (unpaired) electrons. The summed E-state index contributed by atoms with van der Waals surface area (Å²) in [6, 6.07) is 30.0. The standard InChI is InChI=1S/C29H30O5/c1-2-18-30-27-26(31-19-23-12-6-3-7-13-23)22-34-29(33-21-25-16-10-5-11-17-25)28(27)32-20-24-14-8-4-9-15-24/h3-18,26-29H,1,19-22H2/t26-,27+,28-,29+/m1/s1. The first kappa shape index (κ1) is 24.0.